The van der Waals surface area contributed by atoms with Gasteiger partial charge in [-0.3, -0.25) is 10.1 Å². The first-order valence-corrected chi connectivity index (χ1v) is 9.46. The summed E-state index contributed by atoms with van der Waals surface area (Å²) in [5.74, 6) is 1.52. The van der Waals surface area contributed by atoms with Gasteiger partial charge in [0.15, 0.2) is 10.4 Å². The van der Waals surface area contributed by atoms with Crippen molar-refractivity contribution in [3.05, 3.63) is 29.8 Å². The molecule has 1 atom stereocenters. The van der Waals surface area contributed by atoms with E-state index in [0.717, 1.165) is 34.2 Å². The zero-order valence-electron chi connectivity index (χ0n) is 13.5. The van der Waals surface area contributed by atoms with Crippen LogP contribution in [0, 0.1) is 0 Å². The van der Waals surface area contributed by atoms with Crippen molar-refractivity contribution < 1.29 is 9.53 Å². The third-order valence-electron chi connectivity index (χ3n) is 3.09. The van der Waals surface area contributed by atoms with Gasteiger partial charge in [-0.2, -0.15) is 0 Å². The Hall–Kier alpha value is -1.60. The number of rotatable bonds is 8. The lowest BCUT2D eigenvalue weighted by molar-refractivity contribution is -0.122. The summed E-state index contributed by atoms with van der Waals surface area (Å²) in [5, 5.41) is 11.3. The first-order valence-electron chi connectivity index (χ1n) is 7.65. The Labute approximate surface area is 144 Å². The number of nitrogens with one attached hydrogen (secondary N) is 1. The highest BCUT2D eigenvalue weighted by molar-refractivity contribution is 8.01. The summed E-state index contributed by atoms with van der Waals surface area (Å²) in [6.45, 7) is 5.91. The van der Waals surface area contributed by atoms with Gasteiger partial charge < -0.3 is 4.74 Å². The summed E-state index contributed by atoms with van der Waals surface area (Å²) in [6.07, 6.45) is 1.34. The summed E-state index contributed by atoms with van der Waals surface area (Å²) in [7, 11) is 0. The Bertz CT molecular complexity index is 646. The molecule has 2 aromatic rings. The molecule has 0 saturated carbocycles. The Kier molecular flexibility index (Phi) is 6.85. The highest BCUT2D eigenvalue weighted by Gasteiger charge is 2.18. The number of carbonyl (C=O) groups excluding carboxylic acids is 1. The van der Waals surface area contributed by atoms with Crippen LogP contribution < -0.4 is 10.1 Å². The van der Waals surface area contributed by atoms with E-state index in [1.54, 1.807) is 18.7 Å². The molecule has 0 aliphatic heterocycles. The summed E-state index contributed by atoms with van der Waals surface area (Å²) in [6, 6.07) is 7.75. The van der Waals surface area contributed by atoms with Crippen molar-refractivity contribution in [3.8, 4) is 5.75 Å². The van der Waals surface area contributed by atoms with Crippen LogP contribution in [0.4, 0.5) is 5.13 Å². The van der Waals surface area contributed by atoms with Crippen LogP contribution in [0.2, 0.25) is 0 Å². The smallest absolute Gasteiger partial charge is 0.266 e. The highest BCUT2D eigenvalue weighted by Crippen LogP contribution is 2.26. The molecule has 2 rings (SSSR count). The van der Waals surface area contributed by atoms with E-state index in [2.05, 4.69) is 29.4 Å². The first-order chi connectivity index (χ1) is 11.1. The van der Waals surface area contributed by atoms with E-state index in [4.69, 9.17) is 4.74 Å². The number of anilines is 1. The van der Waals surface area contributed by atoms with Gasteiger partial charge in [0.05, 0.1) is 0 Å². The van der Waals surface area contributed by atoms with E-state index in [1.165, 1.54) is 11.3 Å². The Balaban J connectivity index is 1.93. The molecule has 0 aliphatic rings. The molecule has 1 aromatic heterocycles. The Morgan fingerprint density at radius 3 is 2.87 bits per heavy atom. The van der Waals surface area contributed by atoms with Gasteiger partial charge in [0, 0.05) is 5.75 Å². The number of nitrogens with zero attached hydrogens (tertiary/aromatic N) is 2. The minimum Gasteiger partial charge on any atom is -0.481 e. The van der Waals surface area contributed by atoms with Gasteiger partial charge in [-0.1, -0.05) is 55.1 Å². The fourth-order valence-corrected chi connectivity index (χ4v) is 3.55. The Morgan fingerprint density at radius 2 is 2.13 bits per heavy atom. The minimum absolute atomic E-state index is 0.223. The molecule has 0 saturated heterocycles. The molecular formula is C16H21N3O2S2. The van der Waals surface area contributed by atoms with E-state index in [0.29, 0.717) is 5.13 Å². The second-order valence-electron chi connectivity index (χ2n) is 4.93. The van der Waals surface area contributed by atoms with Crippen molar-refractivity contribution in [3.63, 3.8) is 0 Å². The maximum atomic E-state index is 12.2. The van der Waals surface area contributed by atoms with Crippen molar-refractivity contribution in [2.75, 3.05) is 11.1 Å². The molecule has 23 heavy (non-hydrogen) atoms. The molecule has 124 valence electrons. The molecule has 1 aromatic carbocycles. The number of ether oxygens (including phenoxy) is 1. The number of carbonyl (C=O) groups is 1. The average Bonchev–Trinajstić information content (AvgIpc) is 3.00. The molecular weight excluding hydrogens is 330 g/mol. The standard InChI is InChI=1S/C16H21N3O2S2/c1-4-10-22-16-19-18-15(23-16)17-14(20)11(3)21-13-9-7-6-8-12(13)5-2/h6-9,11H,4-5,10H2,1-3H3,(H,17,18,20)/t11-/m0/s1. The third kappa shape index (κ3) is 5.21. The van der Waals surface area contributed by atoms with E-state index >= 15 is 0 Å². The van der Waals surface area contributed by atoms with Crippen LogP contribution in [0.1, 0.15) is 32.8 Å². The fourth-order valence-electron chi connectivity index (χ4n) is 1.87. The number of hydrogen-bond acceptors (Lipinski definition) is 6. The number of aryl methyl sites for hydroxylation is 1. The summed E-state index contributed by atoms with van der Waals surface area (Å²) < 4.78 is 6.65. The number of benzene rings is 1. The zero-order valence-corrected chi connectivity index (χ0v) is 15.2. The van der Waals surface area contributed by atoms with E-state index in [1.807, 2.05) is 24.3 Å². The van der Waals surface area contributed by atoms with Gasteiger partial charge in [-0.05, 0) is 31.4 Å². The van der Waals surface area contributed by atoms with Crippen LogP contribution in [0.15, 0.2) is 28.6 Å². The SMILES string of the molecule is CCCSc1nnc(NC(=O)[C@H](C)Oc2ccccc2CC)s1. The fraction of sp³-hybridized carbons (Fsp3) is 0.438. The molecule has 1 N–H and O–H groups in total. The molecule has 7 heteroatoms. The lowest BCUT2D eigenvalue weighted by Gasteiger charge is -2.15. The van der Waals surface area contributed by atoms with Gasteiger partial charge >= 0.3 is 0 Å². The molecule has 0 unspecified atom stereocenters. The van der Waals surface area contributed by atoms with Crippen molar-refractivity contribution in [1.29, 1.82) is 0 Å². The largest absolute Gasteiger partial charge is 0.481 e. The van der Waals surface area contributed by atoms with E-state index < -0.39 is 6.10 Å². The Morgan fingerprint density at radius 1 is 1.35 bits per heavy atom. The van der Waals surface area contributed by atoms with Gasteiger partial charge in [0.1, 0.15) is 5.75 Å². The number of para-hydroxylation sites is 1. The van der Waals surface area contributed by atoms with Crippen molar-refractivity contribution in [1.82, 2.24) is 10.2 Å². The predicted molar refractivity (Wildman–Crippen MR) is 95.5 cm³/mol. The quantitative estimate of drug-likeness (QED) is 0.575. The monoisotopic (exact) mass is 351 g/mol. The average molecular weight is 351 g/mol. The zero-order chi connectivity index (χ0) is 16.7. The van der Waals surface area contributed by atoms with Gasteiger partial charge in [0.2, 0.25) is 5.13 Å². The summed E-state index contributed by atoms with van der Waals surface area (Å²) in [4.78, 5) is 12.2. The summed E-state index contributed by atoms with van der Waals surface area (Å²) in [5.41, 5.74) is 1.08. The maximum absolute atomic E-state index is 12.2. The van der Waals surface area contributed by atoms with Crippen LogP contribution in [0.25, 0.3) is 0 Å². The van der Waals surface area contributed by atoms with Gasteiger partial charge in [-0.15, -0.1) is 10.2 Å². The molecule has 1 amide bonds. The van der Waals surface area contributed by atoms with E-state index in [9.17, 15) is 4.79 Å². The number of hydrogen-bond donors (Lipinski definition) is 1. The van der Waals surface area contributed by atoms with E-state index in [-0.39, 0.29) is 5.91 Å². The number of aromatic nitrogens is 2. The van der Waals surface area contributed by atoms with Crippen LogP contribution in [0.5, 0.6) is 5.75 Å². The normalized spacial score (nSPS) is 12.0. The molecule has 1 heterocycles. The molecule has 5 nitrogen and oxygen atoms in total. The second-order valence-corrected chi connectivity index (χ2v) is 7.25. The molecule has 0 spiro atoms. The topological polar surface area (TPSA) is 64.1 Å². The predicted octanol–water partition coefficient (Wildman–Crippen LogP) is 4.01. The van der Waals surface area contributed by atoms with Gasteiger partial charge in [0.25, 0.3) is 5.91 Å². The van der Waals surface area contributed by atoms with Crippen molar-refractivity contribution in [2.45, 2.75) is 44.1 Å². The van der Waals surface area contributed by atoms with Crippen molar-refractivity contribution >= 4 is 34.1 Å². The van der Waals surface area contributed by atoms with Crippen LogP contribution >= 0.6 is 23.1 Å². The third-order valence-corrected chi connectivity index (χ3v) is 5.27. The second kappa shape index (κ2) is 8.88. The minimum atomic E-state index is -0.599. The number of amides is 1. The summed E-state index contributed by atoms with van der Waals surface area (Å²) >= 11 is 3.03. The highest BCUT2D eigenvalue weighted by atomic mass is 32.2. The maximum Gasteiger partial charge on any atom is 0.266 e. The van der Waals surface area contributed by atoms with Crippen LogP contribution in [0.3, 0.4) is 0 Å². The first kappa shape index (κ1) is 17.7. The number of thioether (sulfide) groups is 1. The molecule has 0 bridgehead atoms. The lowest BCUT2D eigenvalue weighted by atomic mass is 10.1. The molecule has 0 radical (unpaired) electrons. The van der Waals surface area contributed by atoms with Crippen molar-refractivity contribution in [2.24, 2.45) is 0 Å². The van der Waals surface area contributed by atoms with Gasteiger partial charge in [-0.25, -0.2) is 0 Å². The van der Waals surface area contributed by atoms with Crippen LogP contribution in [-0.4, -0.2) is 28.0 Å². The lowest BCUT2D eigenvalue weighted by Crippen LogP contribution is -2.30. The van der Waals surface area contributed by atoms with Crippen LogP contribution in [-0.2, 0) is 11.2 Å². The molecule has 0 aliphatic carbocycles. The molecule has 0 fully saturated rings.